The number of nitrogens with zero attached hydrogens (tertiary/aromatic N) is 1. The van der Waals surface area contributed by atoms with Gasteiger partial charge < -0.3 is 5.73 Å². The van der Waals surface area contributed by atoms with Gasteiger partial charge in [-0.3, -0.25) is 0 Å². The first kappa shape index (κ1) is 11.6. The molecule has 2 aromatic rings. The van der Waals surface area contributed by atoms with Crippen LogP contribution in [0.3, 0.4) is 0 Å². The summed E-state index contributed by atoms with van der Waals surface area (Å²) in [4.78, 5) is 1.20. The van der Waals surface area contributed by atoms with E-state index < -0.39 is 0 Å². The van der Waals surface area contributed by atoms with E-state index >= 15 is 0 Å². The molecule has 0 bridgehead atoms. The largest absolute Gasteiger partial charge is 0.399 e. The molecule has 0 saturated carbocycles. The Bertz CT molecular complexity index is 524. The van der Waals surface area contributed by atoms with Crippen molar-refractivity contribution >= 4 is 17.4 Å². The molecule has 2 nitrogen and oxygen atoms in total. The Morgan fingerprint density at radius 3 is 2.24 bits per heavy atom. The van der Waals surface area contributed by atoms with E-state index in [4.69, 9.17) is 11.0 Å². The lowest BCUT2D eigenvalue weighted by Crippen LogP contribution is -1.84. The highest BCUT2D eigenvalue weighted by molar-refractivity contribution is 7.98. The molecule has 0 unspecified atom stereocenters. The topological polar surface area (TPSA) is 49.8 Å². The minimum absolute atomic E-state index is 0.700. The average molecular weight is 240 g/mol. The number of nitriles is 1. The lowest BCUT2D eigenvalue weighted by molar-refractivity contribution is 1.37. The first-order valence-corrected chi connectivity index (χ1v) is 6.24. The van der Waals surface area contributed by atoms with E-state index in [2.05, 4.69) is 6.07 Å². The van der Waals surface area contributed by atoms with E-state index in [0.717, 1.165) is 11.4 Å². The lowest BCUT2D eigenvalue weighted by atomic mass is 10.2. The van der Waals surface area contributed by atoms with Crippen LogP contribution in [0.1, 0.15) is 11.1 Å². The van der Waals surface area contributed by atoms with Crippen molar-refractivity contribution in [3.05, 3.63) is 59.7 Å². The summed E-state index contributed by atoms with van der Waals surface area (Å²) in [6.45, 7) is 0. The maximum Gasteiger partial charge on any atom is 0.0991 e. The molecule has 0 atom stereocenters. The number of hydrogen-bond donors (Lipinski definition) is 1. The second kappa shape index (κ2) is 5.42. The second-order valence-corrected chi connectivity index (χ2v) is 4.72. The molecule has 2 rings (SSSR count). The molecule has 0 aromatic heterocycles. The fourth-order valence-electron chi connectivity index (χ4n) is 1.41. The standard InChI is InChI=1S/C14H12N2S/c15-9-11-1-3-12(4-2-11)10-17-14-7-5-13(16)6-8-14/h1-8H,10,16H2. The van der Waals surface area contributed by atoms with Crippen LogP contribution in [0.15, 0.2) is 53.4 Å². The van der Waals surface area contributed by atoms with E-state index in [1.54, 1.807) is 11.8 Å². The molecule has 0 amide bonds. The Hall–Kier alpha value is -1.92. The molecule has 0 aliphatic rings. The maximum atomic E-state index is 8.70. The summed E-state index contributed by atoms with van der Waals surface area (Å²) in [7, 11) is 0. The number of thioether (sulfide) groups is 1. The van der Waals surface area contributed by atoms with Crippen molar-refractivity contribution in [1.82, 2.24) is 0 Å². The zero-order valence-electron chi connectivity index (χ0n) is 9.26. The molecule has 84 valence electrons. The van der Waals surface area contributed by atoms with Crippen LogP contribution in [0.25, 0.3) is 0 Å². The molecule has 0 aliphatic carbocycles. The summed E-state index contributed by atoms with van der Waals surface area (Å²) in [5.41, 5.74) is 8.32. The van der Waals surface area contributed by atoms with Crippen LogP contribution >= 0.6 is 11.8 Å². The van der Waals surface area contributed by atoms with Gasteiger partial charge >= 0.3 is 0 Å². The smallest absolute Gasteiger partial charge is 0.0991 e. The van der Waals surface area contributed by atoms with Gasteiger partial charge in [0.05, 0.1) is 11.6 Å². The second-order valence-electron chi connectivity index (χ2n) is 3.67. The molecule has 17 heavy (non-hydrogen) atoms. The van der Waals surface area contributed by atoms with Crippen molar-refractivity contribution in [2.24, 2.45) is 0 Å². The molecule has 2 N–H and O–H groups in total. The lowest BCUT2D eigenvalue weighted by Gasteiger charge is -2.02. The number of nitrogen functional groups attached to an aromatic ring is 1. The Balaban J connectivity index is 1.98. The Kier molecular flexibility index (Phi) is 3.69. The molecule has 0 aliphatic heterocycles. The summed E-state index contributed by atoms with van der Waals surface area (Å²) in [5.74, 6) is 0.898. The Morgan fingerprint density at radius 2 is 1.65 bits per heavy atom. The summed E-state index contributed by atoms with van der Waals surface area (Å²) in [6.07, 6.45) is 0. The molecular formula is C14H12N2S. The average Bonchev–Trinajstić information content (AvgIpc) is 2.39. The zero-order chi connectivity index (χ0) is 12.1. The minimum atomic E-state index is 0.700. The number of rotatable bonds is 3. The van der Waals surface area contributed by atoms with Crippen LogP contribution in [0.4, 0.5) is 5.69 Å². The summed E-state index contributed by atoms with van der Waals surface area (Å²) in [6, 6.07) is 17.6. The highest BCUT2D eigenvalue weighted by Gasteiger charge is 1.97. The predicted octanol–water partition coefficient (Wildman–Crippen LogP) is 3.43. The van der Waals surface area contributed by atoms with Gasteiger partial charge in [-0.2, -0.15) is 5.26 Å². The Labute approximate surface area is 105 Å². The summed E-state index contributed by atoms with van der Waals surface area (Å²) < 4.78 is 0. The first-order valence-electron chi connectivity index (χ1n) is 5.25. The van der Waals surface area contributed by atoms with E-state index in [1.165, 1.54) is 10.5 Å². The van der Waals surface area contributed by atoms with Crippen LogP contribution in [0, 0.1) is 11.3 Å². The molecule has 0 fully saturated rings. The van der Waals surface area contributed by atoms with Crippen molar-refractivity contribution in [2.45, 2.75) is 10.6 Å². The number of anilines is 1. The quantitative estimate of drug-likeness (QED) is 0.660. The normalized spacial score (nSPS) is 9.82. The van der Waals surface area contributed by atoms with E-state index in [9.17, 15) is 0 Å². The van der Waals surface area contributed by atoms with Gasteiger partial charge in [0.15, 0.2) is 0 Å². The van der Waals surface area contributed by atoms with Crippen LogP contribution in [0.5, 0.6) is 0 Å². The van der Waals surface area contributed by atoms with Crippen molar-refractivity contribution in [3.8, 4) is 6.07 Å². The zero-order valence-corrected chi connectivity index (χ0v) is 10.1. The van der Waals surface area contributed by atoms with Gasteiger partial charge in [0.25, 0.3) is 0 Å². The van der Waals surface area contributed by atoms with E-state index in [1.807, 2.05) is 48.5 Å². The van der Waals surface area contributed by atoms with Gasteiger partial charge in [-0.1, -0.05) is 12.1 Å². The van der Waals surface area contributed by atoms with Gasteiger partial charge in [-0.05, 0) is 42.0 Å². The maximum absolute atomic E-state index is 8.70. The molecular weight excluding hydrogens is 228 g/mol. The van der Waals surface area contributed by atoms with Crippen LogP contribution in [-0.4, -0.2) is 0 Å². The number of hydrogen-bond acceptors (Lipinski definition) is 3. The molecule has 3 heteroatoms. The SMILES string of the molecule is N#Cc1ccc(CSc2ccc(N)cc2)cc1. The van der Waals surface area contributed by atoms with Gasteiger partial charge in [0.2, 0.25) is 0 Å². The van der Waals surface area contributed by atoms with E-state index in [-0.39, 0.29) is 0 Å². The summed E-state index contributed by atoms with van der Waals surface area (Å²) >= 11 is 1.76. The monoisotopic (exact) mass is 240 g/mol. The van der Waals surface area contributed by atoms with E-state index in [0.29, 0.717) is 5.56 Å². The highest BCUT2D eigenvalue weighted by Crippen LogP contribution is 2.23. The minimum Gasteiger partial charge on any atom is -0.399 e. The number of nitrogens with two attached hydrogens (primary N) is 1. The third kappa shape index (κ3) is 3.27. The summed E-state index contributed by atoms with van der Waals surface area (Å²) in [5, 5.41) is 8.70. The first-order chi connectivity index (χ1) is 8.28. The van der Waals surface area contributed by atoms with Crippen molar-refractivity contribution < 1.29 is 0 Å². The van der Waals surface area contributed by atoms with Crippen molar-refractivity contribution in [1.29, 1.82) is 5.26 Å². The van der Waals surface area contributed by atoms with Crippen molar-refractivity contribution in [2.75, 3.05) is 5.73 Å². The van der Waals surface area contributed by atoms with Gasteiger partial charge in [-0.25, -0.2) is 0 Å². The van der Waals surface area contributed by atoms with Crippen LogP contribution in [0.2, 0.25) is 0 Å². The number of benzene rings is 2. The fraction of sp³-hybridized carbons (Fsp3) is 0.0714. The highest BCUT2D eigenvalue weighted by atomic mass is 32.2. The molecule has 0 spiro atoms. The molecule has 0 heterocycles. The van der Waals surface area contributed by atoms with Crippen LogP contribution < -0.4 is 5.73 Å². The van der Waals surface area contributed by atoms with Gasteiger partial charge in [0.1, 0.15) is 0 Å². The van der Waals surface area contributed by atoms with Crippen molar-refractivity contribution in [3.63, 3.8) is 0 Å². The molecule has 0 radical (unpaired) electrons. The fourth-order valence-corrected chi connectivity index (χ4v) is 2.26. The predicted molar refractivity (Wildman–Crippen MR) is 71.6 cm³/mol. The van der Waals surface area contributed by atoms with Crippen LogP contribution in [-0.2, 0) is 5.75 Å². The third-order valence-corrected chi connectivity index (χ3v) is 3.45. The van der Waals surface area contributed by atoms with Gasteiger partial charge in [-0.15, -0.1) is 11.8 Å². The van der Waals surface area contributed by atoms with Gasteiger partial charge in [0, 0.05) is 16.3 Å². The molecule has 0 saturated heterocycles. The third-order valence-electron chi connectivity index (χ3n) is 2.37. The Morgan fingerprint density at radius 1 is 1.00 bits per heavy atom. The molecule has 2 aromatic carbocycles.